The van der Waals surface area contributed by atoms with Crippen LogP contribution in [0.2, 0.25) is 0 Å². The Labute approximate surface area is 113 Å². The van der Waals surface area contributed by atoms with Gasteiger partial charge in [0.05, 0.1) is 0 Å². The van der Waals surface area contributed by atoms with Gasteiger partial charge in [0, 0.05) is 5.56 Å². The van der Waals surface area contributed by atoms with E-state index in [0.717, 1.165) is 0 Å². The molecule has 0 saturated carbocycles. The van der Waals surface area contributed by atoms with Crippen LogP contribution in [0.25, 0.3) is 0 Å². The summed E-state index contributed by atoms with van der Waals surface area (Å²) in [4.78, 5) is 23.8. The van der Waals surface area contributed by atoms with Crippen molar-refractivity contribution in [2.75, 3.05) is 6.61 Å². The summed E-state index contributed by atoms with van der Waals surface area (Å²) in [5.41, 5.74) is 0.518. The summed E-state index contributed by atoms with van der Waals surface area (Å²) in [5.74, 6) is -0.779. The van der Waals surface area contributed by atoms with Gasteiger partial charge in [0.25, 0.3) is 5.91 Å². The van der Waals surface area contributed by atoms with Gasteiger partial charge in [0.1, 0.15) is 12.6 Å². The van der Waals surface area contributed by atoms with E-state index in [-0.39, 0.29) is 18.4 Å². The summed E-state index contributed by atoms with van der Waals surface area (Å²) in [6.45, 7) is 7.33. The molecule has 0 aromatic heterocycles. The lowest BCUT2D eigenvalue weighted by Crippen LogP contribution is -2.45. The third-order valence-corrected chi connectivity index (χ3v) is 2.59. The number of carbonyl (C=O) groups excluding carboxylic acids is 2. The molecule has 0 heterocycles. The molecule has 1 amide bonds. The molecule has 1 rings (SSSR count). The highest BCUT2D eigenvalue weighted by Crippen LogP contribution is 2.06. The van der Waals surface area contributed by atoms with Gasteiger partial charge in [0.15, 0.2) is 0 Å². The van der Waals surface area contributed by atoms with Crippen molar-refractivity contribution >= 4 is 11.9 Å². The summed E-state index contributed by atoms with van der Waals surface area (Å²) in [7, 11) is 0. The second-order valence-corrected chi connectivity index (χ2v) is 4.48. The largest absolute Gasteiger partial charge is 0.460 e. The Bertz CT molecular complexity index is 440. The molecule has 0 spiro atoms. The average Bonchev–Trinajstić information content (AvgIpc) is 2.42. The maximum atomic E-state index is 12.0. The molecule has 4 nitrogen and oxygen atoms in total. The van der Waals surface area contributed by atoms with Crippen molar-refractivity contribution in [2.24, 2.45) is 5.92 Å². The third-order valence-electron chi connectivity index (χ3n) is 2.59. The van der Waals surface area contributed by atoms with Crippen LogP contribution in [0.3, 0.4) is 0 Å². The van der Waals surface area contributed by atoms with E-state index >= 15 is 0 Å². The molecular formula is C15H19NO3. The lowest BCUT2D eigenvalue weighted by molar-refractivity contribution is -0.145. The van der Waals surface area contributed by atoms with Crippen molar-refractivity contribution in [3.05, 3.63) is 48.6 Å². The quantitative estimate of drug-likeness (QED) is 0.630. The third kappa shape index (κ3) is 4.58. The molecule has 1 N–H and O–H groups in total. The Morgan fingerprint density at radius 2 is 1.95 bits per heavy atom. The number of benzene rings is 1. The van der Waals surface area contributed by atoms with E-state index in [9.17, 15) is 9.59 Å². The first kappa shape index (κ1) is 15.0. The van der Waals surface area contributed by atoms with E-state index in [0.29, 0.717) is 5.56 Å². The molecule has 4 heteroatoms. The zero-order valence-electron chi connectivity index (χ0n) is 11.3. The molecule has 0 aliphatic heterocycles. The highest BCUT2D eigenvalue weighted by molar-refractivity contribution is 5.96. The van der Waals surface area contributed by atoms with Crippen molar-refractivity contribution < 1.29 is 14.3 Å². The first-order chi connectivity index (χ1) is 9.06. The van der Waals surface area contributed by atoms with Crippen molar-refractivity contribution in [3.8, 4) is 0 Å². The summed E-state index contributed by atoms with van der Waals surface area (Å²) in [6.07, 6.45) is 1.49. The van der Waals surface area contributed by atoms with Gasteiger partial charge in [-0.2, -0.15) is 0 Å². The van der Waals surface area contributed by atoms with Crippen molar-refractivity contribution in [3.63, 3.8) is 0 Å². The number of amides is 1. The zero-order valence-corrected chi connectivity index (χ0v) is 11.3. The van der Waals surface area contributed by atoms with Gasteiger partial charge < -0.3 is 10.1 Å². The average molecular weight is 261 g/mol. The number of ether oxygens (including phenoxy) is 1. The number of rotatable bonds is 6. The summed E-state index contributed by atoms with van der Waals surface area (Å²) >= 11 is 0. The molecule has 0 fully saturated rings. The first-order valence-corrected chi connectivity index (χ1v) is 6.19. The summed E-state index contributed by atoms with van der Waals surface area (Å²) < 4.78 is 4.98. The molecule has 0 radical (unpaired) electrons. The summed E-state index contributed by atoms with van der Waals surface area (Å²) in [5, 5.41) is 2.69. The molecule has 1 aromatic rings. The fourth-order valence-electron chi connectivity index (χ4n) is 1.54. The van der Waals surface area contributed by atoms with E-state index in [4.69, 9.17) is 4.74 Å². The van der Waals surface area contributed by atoms with Crippen molar-refractivity contribution in [1.82, 2.24) is 5.32 Å². The highest BCUT2D eigenvalue weighted by Gasteiger charge is 2.25. The van der Waals surface area contributed by atoms with E-state index in [2.05, 4.69) is 11.9 Å². The van der Waals surface area contributed by atoms with Crippen LogP contribution >= 0.6 is 0 Å². The van der Waals surface area contributed by atoms with Gasteiger partial charge in [-0.15, -0.1) is 0 Å². The van der Waals surface area contributed by atoms with Crippen molar-refractivity contribution in [1.29, 1.82) is 0 Å². The fourth-order valence-corrected chi connectivity index (χ4v) is 1.54. The van der Waals surface area contributed by atoms with Gasteiger partial charge in [-0.1, -0.05) is 44.7 Å². The molecule has 1 aromatic carbocycles. The lowest BCUT2D eigenvalue weighted by Gasteiger charge is -2.20. The van der Waals surface area contributed by atoms with Gasteiger partial charge in [-0.05, 0) is 18.1 Å². The van der Waals surface area contributed by atoms with Crippen molar-refractivity contribution in [2.45, 2.75) is 19.9 Å². The minimum absolute atomic E-state index is 0.0509. The topological polar surface area (TPSA) is 55.4 Å². The van der Waals surface area contributed by atoms with Crippen LogP contribution in [0.5, 0.6) is 0 Å². The van der Waals surface area contributed by atoms with Crippen LogP contribution in [-0.2, 0) is 9.53 Å². The molecule has 1 atom stereocenters. The van der Waals surface area contributed by atoms with Crippen LogP contribution in [0.1, 0.15) is 24.2 Å². The Kier molecular flexibility index (Phi) is 5.79. The van der Waals surface area contributed by atoms with Gasteiger partial charge >= 0.3 is 5.97 Å². The second-order valence-electron chi connectivity index (χ2n) is 4.48. The molecule has 0 aliphatic carbocycles. The zero-order chi connectivity index (χ0) is 14.3. The predicted molar refractivity (Wildman–Crippen MR) is 73.7 cm³/mol. The van der Waals surface area contributed by atoms with Crippen LogP contribution in [0, 0.1) is 5.92 Å². The summed E-state index contributed by atoms with van der Waals surface area (Å²) in [6, 6.07) is 8.11. The number of hydrogen-bond donors (Lipinski definition) is 1. The molecular weight excluding hydrogens is 242 g/mol. The number of carbonyl (C=O) groups is 2. The number of hydrogen-bond acceptors (Lipinski definition) is 3. The Morgan fingerprint density at radius 1 is 1.32 bits per heavy atom. The molecule has 0 aliphatic rings. The maximum Gasteiger partial charge on any atom is 0.329 e. The van der Waals surface area contributed by atoms with Crippen LogP contribution in [-0.4, -0.2) is 24.5 Å². The smallest absolute Gasteiger partial charge is 0.329 e. The Hall–Kier alpha value is -2.10. The molecule has 0 saturated heterocycles. The molecule has 102 valence electrons. The van der Waals surface area contributed by atoms with Gasteiger partial charge in [-0.3, -0.25) is 4.79 Å². The predicted octanol–water partition coefficient (Wildman–Crippen LogP) is 2.17. The second kappa shape index (κ2) is 7.36. The van der Waals surface area contributed by atoms with E-state index in [1.165, 1.54) is 6.08 Å². The van der Waals surface area contributed by atoms with Gasteiger partial charge in [-0.25, -0.2) is 4.79 Å². The standard InChI is InChI=1S/C15H19NO3/c1-4-10-19-15(18)13(11(2)3)16-14(17)12-8-6-5-7-9-12/h4-9,11,13H,1,10H2,2-3H3,(H,16,17)/t13-/m0/s1. The van der Waals surface area contributed by atoms with Crippen LogP contribution in [0.15, 0.2) is 43.0 Å². The van der Waals surface area contributed by atoms with Gasteiger partial charge in [0.2, 0.25) is 0 Å². The Morgan fingerprint density at radius 3 is 2.47 bits per heavy atom. The van der Waals surface area contributed by atoms with E-state index in [1.54, 1.807) is 24.3 Å². The maximum absolute atomic E-state index is 12.0. The highest BCUT2D eigenvalue weighted by atomic mass is 16.5. The minimum Gasteiger partial charge on any atom is -0.460 e. The number of esters is 1. The first-order valence-electron chi connectivity index (χ1n) is 6.19. The fraction of sp³-hybridized carbons (Fsp3) is 0.333. The van der Waals surface area contributed by atoms with E-state index in [1.807, 2.05) is 19.9 Å². The Balaban J connectivity index is 2.71. The minimum atomic E-state index is -0.660. The molecule has 0 bridgehead atoms. The van der Waals surface area contributed by atoms with E-state index < -0.39 is 12.0 Å². The SMILES string of the molecule is C=CCOC(=O)[C@@H](NC(=O)c1ccccc1)C(C)C. The number of nitrogens with one attached hydrogen (secondary N) is 1. The monoisotopic (exact) mass is 261 g/mol. The normalized spacial score (nSPS) is 11.7. The van der Waals surface area contributed by atoms with Crippen LogP contribution < -0.4 is 5.32 Å². The van der Waals surface area contributed by atoms with Crippen LogP contribution in [0.4, 0.5) is 0 Å². The molecule has 0 unspecified atom stereocenters. The lowest BCUT2D eigenvalue weighted by atomic mass is 10.0. The molecule has 19 heavy (non-hydrogen) atoms.